The number of hydrogen-bond donors (Lipinski definition) is 1. The number of anilines is 1. The Balaban J connectivity index is 1.34. The zero-order valence-electron chi connectivity index (χ0n) is 16.0. The second-order valence-electron chi connectivity index (χ2n) is 7.13. The maximum absolute atomic E-state index is 12.6. The third-order valence-electron chi connectivity index (χ3n) is 5.25. The highest BCUT2D eigenvalue weighted by Gasteiger charge is 2.35. The lowest BCUT2D eigenvalue weighted by molar-refractivity contribution is -0.126. The second kappa shape index (κ2) is 7.84. The number of nitrogens with one attached hydrogen (secondary N) is 1. The average molecular weight is 376 g/mol. The van der Waals surface area contributed by atoms with E-state index in [2.05, 4.69) is 17.2 Å². The van der Waals surface area contributed by atoms with E-state index in [4.69, 9.17) is 0 Å². The Labute approximate surface area is 164 Å². The molecule has 1 atom stereocenters. The molecule has 1 saturated heterocycles. The summed E-state index contributed by atoms with van der Waals surface area (Å²) in [5.74, 6) is -0.353. The van der Waals surface area contributed by atoms with E-state index in [1.165, 1.54) is 0 Å². The molecule has 2 aromatic heterocycles. The second-order valence-corrected chi connectivity index (χ2v) is 7.13. The van der Waals surface area contributed by atoms with E-state index in [9.17, 15) is 9.59 Å². The number of aromatic nitrogens is 2. The van der Waals surface area contributed by atoms with Gasteiger partial charge in [0.15, 0.2) is 0 Å². The number of fused-ring (bicyclic) bond motifs is 1. The molecule has 2 amide bonds. The molecule has 0 bridgehead atoms. The molecule has 1 aromatic carbocycles. The Morgan fingerprint density at radius 3 is 2.86 bits per heavy atom. The van der Waals surface area contributed by atoms with Gasteiger partial charge < -0.3 is 14.6 Å². The predicted molar refractivity (Wildman–Crippen MR) is 108 cm³/mol. The monoisotopic (exact) mass is 376 g/mol. The normalized spacial score (nSPS) is 16.7. The van der Waals surface area contributed by atoms with Crippen LogP contribution in [0.3, 0.4) is 0 Å². The fourth-order valence-corrected chi connectivity index (χ4v) is 3.75. The van der Waals surface area contributed by atoms with Gasteiger partial charge in [0.2, 0.25) is 11.8 Å². The first-order valence-corrected chi connectivity index (χ1v) is 9.74. The van der Waals surface area contributed by atoms with Crippen molar-refractivity contribution < 1.29 is 9.59 Å². The lowest BCUT2D eigenvalue weighted by Gasteiger charge is -2.19. The summed E-state index contributed by atoms with van der Waals surface area (Å²) in [6.45, 7) is 3.03. The van der Waals surface area contributed by atoms with Crippen LogP contribution < -0.4 is 10.2 Å². The summed E-state index contributed by atoms with van der Waals surface area (Å²) in [4.78, 5) is 31.3. The number of carbonyl (C=O) groups is 2. The molecule has 1 fully saturated rings. The van der Waals surface area contributed by atoms with Crippen molar-refractivity contribution in [3.05, 3.63) is 66.1 Å². The number of imidazole rings is 1. The third kappa shape index (κ3) is 3.63. The molecule has 28 heavy (non-hydrogen) atoms. The number of carbonyl (C=O) groups excluding carboxylic acids is 2. The van der Waals surface area contributed by atoms with Crippen LogP contribution in [0.5, 0.6) is 0 Å². The summed E-state index contributed by atoms with van der Waals surface area (Å²) in [7, 11) is 0. The van der Waals surface area contributed by atoms with Crippen molar-refractivity contribution in [2.75, 3.05) is 18.0 Å². The van der Waals surface area contributed by atoms with Crippen molar-refractivity contribution in [3.63, 3.8) is 0 Å². The SMILES string of the molecule is CCc1ccccc1N1C[C@H](C(=O)NCCc2cn3ccccc3n2)CC1=O. The van der Waals surface area contributed by atoms with Crippen LogP contribution in [0, 0.1) is 5.92 Å². The number of nitrogens with zero attached hydrogens (tertiary/aromatic N) is 3. The number of aryl methyl sites for hydroxylation is 1. The lowest BCUT2D eigenvalue weighted by Crippen LogP contribution is -2.34. The highest BCUT2D eigenvalue weighted by molar-refractivity contribution is 6.00. The van der Waals surface area contributed by atoms with Crippen molar-refractivity contribution in [2.45, 2.75) is 26.2 Å². The summed E-state index contributed by atoms with van der Waals surface area (Å²) in [5, 5.41) is 2.97. The summed E-state index contributed by atoms with van der Waals surface area (Å²) in [6, 6.07) is 13.8. The minimum atomic E-state index is -0.307. The number of hydrogen-bond acceptors (Lipinski definition) is 3. The smallest absolute Gasteiger partial charge is 0.227 e. The van der Waals surface area contributed by atoms with Gasteiger partial charge in [-0.3, -0.25) is 9.59 Å². The quantitative estimate of drug-likeness (QED) is 0.719. The third-order valence-corrected chi connectivity index (χ3v) is 5.25. The van der Waals surface area contributed by atoms with E-state index < -0.39 is 0 Å². The highest BCUT2D eigenvalue weighted by atomic mass is 16.2. The van der Waals surface area contributed by atoms with Gasteiger partial charge in [-0.1, -0.05) is 31.2 Å². The van der Waals surface area contributed by atoms with Gasteiger partial charge >= 0.3 is 0 Å². The van der Waals surface area contributed by atoms with E-state index in [0.717, 1.165) is 29.0 Å². The molecule has 144 valence electrons. The van der Waals surface area contributed by atoms with E-state index >= 15 is 0 Å². The van der Waals surface area contributed by atoms with Gasteiger partial charge in [0.25, 0.3) is 0 Å². The van der Waals surface area contributed by atoms with E-state index in [0.29, 0.717) is 19.5 Å². The molecule has 3 heterocycles. The molecule has 6 heteroatoms. The molecule has 4 rings (SSSR count). The van der Waals surface area contributed by atoms with Crippen molar-refractivity contribution in [1.82, 2.24) is 14.7 Å². The Morgan fingerprint density at radius 2 is 2.04 bits per heavy atom. The van der Waals surface area contributed by atoms with Crippen molar-refractivity contribution >= 4 is 23.1 Å². The summed E-state index contributed by atoms with van der Waals surface area (Å²) in [5.41, 5.74) is 3.89. The van der Waals surface area contributed by atoms with Crippen LogP contribution in [-0.2, 0) is 22.4 Å². The molecule has 0 aliphatic carbocycles. The number of benzene rings is 1. The van der Waals surface area contributed by atoms with Gasteiger partial charge in [-0.15, -0.1) is 0 Å². The van der Waals surface area contributed by atoms with E-state index in [1.807, 2.05) is 59.3 Å². The van der Waals surface area contributed by atoms with Crippen LogP contribution in [0.25, 0.3) is 5.65 Å². The van der Waals surface area contributed by atoms with Gasteiger partial charge in [0, 0.05) is 44.0 Å². The topological polar surface area (TPSA) is 66.7 Å². The molecule has 0 unspecified atom stereocenters. The molecule has 0 saturated carbocycles. The van der Waals surface area contributed by atoms with Crippen LogP contribution in [0.1, 0.15) is 24.6 Å². The van der Waals surface area contributed by atoms with Crippen LogP contribution >= 0.6 is 0 Å². The number of rotatable bonds is 6. The Hall–Kier alpha value is -3.15. The molecule has 1 aliphatic rings. The standard InChI is InChI=1S/C22H24N4O2/c1-2-16-7-3-4-8-19(16)26-14-17(13-21(26)27)22(28)23-11-10-18-15-25-12-6-5-9-20(25)24-18/h3-9,12,15,17H,2,10-11,13-14H2,1H3,(H,23,28)/t17-/m1/s1. The van der Waals surface area contributed by atoms with E-state index in [1.54, 1.807) is 4.90 Å². The van der Waals surface area contributed by atoms with Crippen molar-refractivity contribution in [1.29, 1.82) is 0 Å². The Bertz CT molecular complexity index is 977. The average Bonchev–Trinajstić information content (AvgIpc) is 3.30. The summed E-state index contributed by atoms with van der Waals surface area (Å²) in [6.07, 6.45) is 5.71. The van der Waals surface area contributed by atoms with Gasteiger partial charge in [-0.2, -0.15) is 0 Å². The minimum Gasteiger partial charge on any atom is -0.355 e. The van der Waals surface area contributed by atoms with Crippen LogP contribution in [-0.4, -0.2) is 34.3 Å². The van der Waals surface area contributed by atoms with Crippen LogP contribution in [0.15, 0.2) is 54.9 Å². The minimum absolute atomic E-state index is 0.0152. The largest absolute Gasteiger partial charge is 0.355 e. The molecule has 1 aliphatic heterocycles. The first-order valence-electron chi connectivity index (χ1n) is 9.74. The Morgan fingerprint density at radius 1 is 1.21 bits per heavy atom. The zero-order chi connectivity index (χ0) is 19.5. The van der Waals surface area contributed by atoms with Crippen LogP contribution in [0.4, 0.5) is 5.69 Å². The molecule has 0 radical (unpaired) electrons. The molecule has 3 aromatic rings. The zero-order valence-corrected chi connectivity index (χ0v) is 16.0. The van der Waals surface area contributed by atoms with Gasteiger partial charge in [0.1, 0.15) is 5.65 Å². The first-order chi connectivity index (χ1) is 13.7. The van der Waals surface area contributed by atoms with Crippen molar-refractivity contribution in [3.8, 4) is 0 Å². The Kier molecular flexibility index (Phi) is 5.10. The highest BCUT2D eigenvalue weighted by Crippen LogP contribution is 2.28. The maximum atomic E-state index is 12.6. The predicted octanol–water partition coefficient (Wildman–Crippen LogP) is 2.61. The fourth-order valence-electron chi connectivity index (χ4n) is 3.75. The fraction of sp³-hybridized carbons (Fsp3) is 0.318. The number of pyridine rings is 1. The molecular weight excluding hydrogens is 352 g/mol. The van der Waals surface area contributed by atoms with Crippen molar-refractivity contribution in [2.24, 2.45) is 5.92 Å². The van der Waals surface area contributed by atoms with E-state index in [-0.39, 0.29) is 24.2 Å². The van der Waals surface area contributed by atoms with Crippen LogP contribution in [0.2, 0.25) is 0 Å². The lowest BCUT2D eigenvalue weighted by atomic mass is 10.1. The van der Waals surface area contributed by atoms with Gasteiger partial charge in [-0.25, -0.2) is 4.98 Å². The summed E-state index contributed by atoms with van der Waals surface area (Å²) >= 11 is 0. The van der Waals surface area contributed by atoms with Gasteiger partial charge in [0.05, 0.1) is 11.6 Å². The van der Waals surface area contributed by atoms with Gasteiger partial charge in [-0.05, 0) is 30.2 Å². The number of para-hydroxylation sites is 1. The molecule has 0 spiro atoms. The first kappa shape index (κ1) is 18.2. The molecule has 6 nitrogen and oxygen atoms in total. The summed E-state index contributed by atoms with van der Waals surface area (Å²) < 4.78 is 1.97. The molecule has 1 N–H and O–H groups in total. The number of amides is 2. The molecular formula is C22H24N4O2. The maximum Gasteiger partial charge on any atom is 0.227 e.